The molecule has 1 heterocycles. The van der Waals surface area contributed by atoms with Gasteiger partial charge in [0.2, 0.25) is 10.0 Å². The van der Waals surface area contributed by atoms with Crippen molar-refractivity contribution in [2.24, 2.45) is 0 Å². The monoisotopic (exact) mass is 297 g/mol. The van der Waals surface area contributed by atoms with Gasteiger partial charge in [0, 0.05) is 45.1 Å². The van der Waals surface area contributed by atoms with E-state index < -0.39 is 10.0 Å². The summed E-state index contributed by atoms with van der Waals surface area (Å²) >= 11 is 5.52. The molecule has 5 nitrogen and oxygen atoms in total. The molecule has 1 aliphatic heterocycles. The lowest BCUT2D eigenvalue weighted by Crippen LogP contribution is -2.47. The molecule has 1 fully saturated rings. The molecule has 0 atom stereocenters. The minimum atomic E-state index is -3.11. The van der Waals surface area contributed by atoms with Gasteiger partial charge in [-0.3, -0.25) is 4.90 Å². The largest absolute Gasteiger partial charge is 0.304 e. The Hall–Kier alpha value is 0.120. The fourth-order valence-corrected chi connectivity index (χ4v) is 3.21. The topological polar surface area (TPSA) is 52.6 Å². The molecule has 1 N–H and O–H groups in total. The van der Waals surface area contributed by atoms with Crippen molar-refractivity contribution in [3.63, 3.8) is 0 Å². The van der Waals surface area contributed by atoms with E-state index >= 15 is 0 Å². The predicted molar refractivity (Wildman–Crippen MR) is 75.7 cm³/mol. The van der Waals surface area contributed by atoms with Crippen molar-refractivity contribution in [2.75, 3.05) is 57.9 Å². The van der Waals surface area contributed by atoms with Gasteiger partial charge in [-0.05, 0) is 19.9 Å². The van der Waals surface area contributed by atoms with E-state index in [4.69, 9.17) is 11.6 Å². The van der Waals surface area contributed by atoms with Crippen LogP contribution in [-0.4, -0.2) is 76.2 Å². The number of piperazine rings is 1. The molecule has 0 aromatic heterocycles. The zero-order chi connectivity index (χ0) is 13.4. The van der Waals surface area contributed by atoms with Crippen molar-refractivity contribution >= 4 is 21.6 Å². The van der Waals surface area contributed by atoms with Crippen LogP contribution in [0.5, 0.6) is 0 Å². The fraction of sp³-hybridized carbons (Fsp3) is 1.00. The number of alkyl halides is 1. The van der Waals surface area contributed by atoms with Gasteiger partial charge in [0.1, 0.15) is 0 Å². The third kappa shape index (κ3) is 6.89. The van der Waals surface area contributed by atoms with E-state index in [0.717, 1.165) is 39.1 Å². The number of hydrogen-bond donors (Lipinski definition) is 1. The fourth-order valence-electron chi connectivity index (χ4n) is 1.89. The smallest absolute Gasteiger partial charge is 0.211 e. The zero-order valence-corrected chi connectivity index (χ0v) is 12.6. The maximum Gasteiger partial charge on any atom is 0.211 e. The molecule has 0 saturated carbocycles. The quantitative estimate of drug-likeness (QED) is 0.513. The zero-order valence-electron chi connectivity index (χ0n) is 11.1. The number of halogens is 1. The van der Waals surface area contributed by atoms with Gasteiger partial charge < -0.3 is 4.90 Å². The first-order chi connectivity index (χ1) is 8.53. The second-order valence-corrected chi connectivity index (χ2v) is 7.06. The predicted octanol–water partition coefficient (Wildman–Crippen LogP) is 0.172. The molecular weight excluding hydrogens is 274 g/mol. The van der Waals surface area contributed by atoms with Gasteiger partial charge in [-0.25, -0.2) is 13.1 Å². The van der Waals surface area contributed by atoms with E-state index in [1.807, 2.05) is 0 Å². The third-order valence-electron chi connectivity index (χ3n) is 3.14. The Bertz CT molecular complexity index is 316. The van der Waals surface area contributed by atoms with Crippen LogP contribution in [0.15, 0.2) is 0 Å². The van der Waals surface area contributed by atoms with Crippen molar-refractivity contribution in [1.82, 2.24) is 14.5 Å². The maximum atomic E-state index is 11.6. The normalized spacial score (nSPS) is 19.2. The van der Waals surface area contributed by atoms with Gasteiger partial charge >= 0.3 is 0 Å². The summed E-state index contributed by atoms with van der Waals surface area (Å²) in [5.74, 6) is 0.708. The Balaban J connectivity index is 2.12. The Morgan fingerprint density at radius 3 is 2.44 bits per heavy atom. The molecule has 0 radical (unpaired) electrons. The molecule has 18 heavy (non-hydrogen) atoms. The number of rotatable bonds is 8. The Kier molecular flexibility index (Phi) is 7.48. The lowest BCUT2D eigenvalue weighted by atomic mass is 10.3. The van der Waals surface area contributed by atoms with E-state index in [9.17, 15) is 8.42 Å². The first-order valence-electron chi connectivity index (χ1n) is 6.48. The van der Waals surface area contributed by atoms with Crippen LogP contribution in [0.4, 0.5) is 0 Å². The van der Waals surface area contributed by atoms with Crippen LogP contribution in [0, 0.1) is 0 Å². The molecule has 0 aromatic carbocycles. The molecule has 0 aliphatic carbocycles. The number of nitrogens with zero attached hydrogens (tertiary/aromatic N) is 2. The van der Waals surface area contributed by atoms with E-state index in [1.54, 1.807) is 0 Å². The molecular formula is C11H24ClN3O2S. The van der Waals surface area contributed by atoms with Crippen molar-refractivity contribution < 1.29 is 8.42 Å². The summed E-state index contributed by atoms with van der Waals surface area (Å²) < 4.78 is 25.9. The number of hydrogen-bond acceptors (Lipinski definition) is 4. The minimum Gasteiger partial charge on any atom is -0.304 e. The molecule has 1 aliphatic rings. The second kappa shape index (κ2) is 8.32. The summed E-state index contributed by atoms with van der Waals surface area (Å²) in [6.07, 6.45) is 1.38. The summed E-state index contributed by atoms with van der Waals surface area (Å²) in [5, 5.41) is 0. The molecule has 1 saturated heterocycles. The van der Waals surface area contributed by atoms with Gasteiger partial charge in [-0.15, -0.1) is 11.6 Å². The van der Waals surface area contributed by atoms with Crippen LogP contribution in [0.2, 0.25) is 0 Å². The van der Waals surface area contributed by atoms with Gasteiger partial charge in [-0.1, -0.05) is 0 Å². The highest BCUT2D eigenvalue weighted by Gasteiger charge is 2.14. The van der Waals surface area contributed by atoms with Crippen molar-refractivity contribution in [3.8, 4) is 0 Å². The van der Waals surface area contributed by atoms with Gasteiger partial charge in [0.15, 0.2) is 0 Å². The summed E-state index contributed by atoms with van der Waals surface area (Å²) in [5.41, 5.74) is 0. The molecule has 0 spiro atoms. The molecule has 7 heteroatoms. The number of nitrogens with one attached hydrogen (secondary N) is 1. The lowest BCUT2D eigenvalue weighted by molar-refractivity contribution is 0.156. The molecule has 0 bridgehead atoms. The Morgan fingerprint density at radius 2 is 1.83 bits per heavy atom. The summed E-state index contributed by atoms with van der Waals surface area (Å²) in [7, 11) is -1.00. The molecule has 0 aromatic rings. The summed E-state index contributed by atoms with van der Waals surface area (Å²) in [4.78, 5) is 4.58. The van der Waals surface area contributed by atoms with Crippen molar-refractivity contribution in [2.45, 2.75) is 12.8 Å². The highest BCUT2D eigenvalue weighted by atomic mass is 35.5. The van der Waals surface area contributed by atoms with Crippen LogP contribution >= 0.6 is 11.6 Å². The number of likely N-dealkylation sites (N-methyl/N-ethyl adjacent to an activating group) is 1. The molecule has 0 unspecified atom stereocenters. The molecule has 1 rings (SSSR count). The van der Waals surface area contributed by atoms with Crippen LogP contribution in [0.3, 0.4) is 0 Å². The SMILES string of the molecule is CN1CCN(CCNS(=O)(=O)CCCCCl)CC1. The summed E-state index contributed by atoms with van der Waals surface area (Å²) in [6, 6.07) is 0. The molecule has 108 valence electrons. The maximum absolute atomic E-state index is 11.6. The van der Waals surface area contributed by atoms with Crippen LogP contribution in [0.25, 0.3) is 0 Å². The number of unbranched alkanes of at least 4 members (excludes halogenated alkanes) is 1. The van der Waals surface area contributed by atoms with E-state index in [0.29, 0.717) is 18.8 Å². The lowest BCUT2D eigenvalue weighted by Gasteiger charge is -2.32. The minimum absolute atomic E-state index is 0.183. The van der Waals surface area contributed by atoms with Crippen molar-refractivity contribution in [1.29, 1.82) is 0 Å². The van der Waals surface area contributed by atoms with Gasteiger partial charge in [0.25, 0.3) is 0 Å². The van der Waals surface area contributed by atoms with E-state index in [-0.39, 0.29) is 5.75 Å². The van der Waals surface area contributed by atoms with Crippen molar-refractivity contribution in [3.05, 3.63) is 0 Å². The van der Waals surface area contributed by atoms with Crippen LogP contribution < -0.4 is 4.72 Å². The highest BCUT2D eigenvalue weighted by molar-refractivity contribution is 7.89. The van der Waals surface area contributed by atoms with E-state index in [2.05, 4.69) is 21.6 Å². The van der Waals surface area contributed by atoms with Gasteiger partial charge in [-0.2, -0.15) is 0 Å². The standard InChI is InChI=1S/C11H24ClN3O2S/c1-14-7-9-15(10-8-14)6-5-13-18(16,17)11-3-2-4-12/h13H,2-11H2,1H3. The Morgan fingerprint density at radius 1 is 1.17 bits per heavy atom. The van der Waals surface area contributed by atoms with Crippen LogP contribution in [0.1, 0.15) is 12.8 Å². The Labute approximate surface area is 116 Å². The van der Waals surface area contributed by atoms with Gasteiger partial charge in [0.05, 0.1) is 5.75 Å². The average Bonchev–Trinajstić information content (AvgIpc) is 2.32. The first-order valence-corrected chi connectivity index (χ1v) is 8.66. The van der Waals surface area contributed by atoms with E-state index in [1.165, 1.54) is 0 Å². The average molecular weight is 298 g/mol. The molecule has 0 amide bonds. The highest BCUT2D eigenvalue weighted by Crippen LogP contribution is 1.99. The number of sulfonamides is 1. The first kappa shape index (κ1) is 16.2. The summed E-state index contributed by atoms with van der Waals surface area (Å²) in [6.45, 7) is 5.45. The van der Waals surface area contributed by atoms with Crippen LogP contribution in [-0.2, 0) is 10.0 Å². The second-order valence-electron chi connectivity index (χ2n) is 4.75. The third-order valence-corrected chi connectivity index (χ3v) is 4.88.